The second-order valence-corrected chi connectivity index (χ2v) is 6.20. The Hall–Kier alpha value is -4.28. The molecule has 130 valence electrons. The Labute approximate surface area is 163 Å². The smallest absolute Gasteiger partial charge is 0.101 e. The zero-order valence-corrected chi connectivity index (χ0v) is 14.9. The predicted octanol–water partition coefficient (Wildman–Crippen LogP) is 5.22. The van der Waals surface area contributed by atoms with E-state index >= 15 is 0 Å². The van der Waals surface area contributed by atoms with Gasteiger partial charge in [0.15, 0.2) is 0 Å². The first-order valence-corrected chi connectivity index (χ1v) is 8.71. The Morgan fingerprint density at radius 2 is 0.929 bits per heavy atom. The summed E-state index contributed by atoms with van der Waals surface area (Å²) >= 11 is 0. The van der Waals surface area contributed by atoms with Crippen LogP contribution in [0.15, 0.2) is 85.2 Å². The van der Waals surface area contributed by atoms with Gasteiger partial charge in [-0.1, -0.05) is 60.7 Å². The molecule has 0 saturated heterocycles. The molecule has 4 rings (SSSR count). The lowest BCUT2D eigenvalue weighted by Crippen LogP contribution is -1.94. The van der Waals surface area contributed by atoms with Gasteiger partial charge in [-0.2, -0.15) is 10.5 Å². The number of hydrogen-bond donors (Lipinski definition) is 0. The number of rotatable bonds is 3. The summed E-state index contributed by atoms with van der Waals surface area (Å²) in [6.45, 7) is 0. The van der Waals surface area contributed by atoms with Crippen molar-refractivity contribution in [2.45, 2.75) is 0 Å². The summed E-state index contributed by atoms with van der Waals surface area (Å²) in [6, 6.07) is 27.2. The van der Waals surface area contributed by atoms with E-state index in [0.717, 1.165) is 22.3 Å². The molecule has 2 aromatic carbocycles. The van der Waals surface area contributed by atoms with Gasteiger partial charge in [0.2, 0.25) is 0 Å². The van der Waals surface area contributed by atoms with Gasteiger partial charge in [0.25, 0.3) is 0 Å². The third-order valence-corrected chi connectivity index (χ3v) is 4.44. The first kappa shape index (κ1) is 17.1. The van der Waals surface area contributed by atoms with Gasteiger partial charge in [-0.05, 0) is 12.1 Å². The Morgan fingerprint density at radius 1 is 0.536 bits per heavy atom. The number of pyridine rings is 2. The summed E-state index contributed by atoms with van der Waals surface area (Å²) in [7, 11) is 0. The van der Waals surface area contributed by atoms with Gasteiger partial charge in [-0.3, -0.25) is 9.97 Å². The fourth-order valence-electron chi connectivity index (χ4n) is 3.07. The summed E-state index contributed by atoms with van der Waals surface area (Å²) in [6.07, 6.45) is 3.42. The molecule has 0 radical (unpaired) electrons. The quantitative estimate of drug-likeness (QED) is 0.503. The van der Waals surface area contributed by atoms with Crippen LogP contribution in [0.3, 0.4) is 0 Å². The molecule has 4 aromatic rings. The molecular weight excluding hydrogens is 344 g/mol. The highest BCUT2D eigenvalue weighted by Crippen LogP contribution is 2.29. The van der Waals surface area contributed by atoms with Crippen LogP contribution in [0.4, 0.5) is 0 Å². The normalized spacial score (nSPS) is 10.1. The Bertz CT molecular complexity index is 1120. The van der Waals surface area contributed by atoms with Crippen molar-refractivity contribution in [2.75, 3.05) is 0 Å². The van der Waals surface area contributed by atoms with E-state index in [0.29, 0.717) is 22.5 Å². The van der Waals surface area contributed by atoms with Crippen molar-refractivity contribution in [1.82, 2.24) is 9.97 Å². The fraction of sp³-hybridized carbons (Fsp3) is 0. The van der Waals surface area contributed by atoms with E-state index in [2.05, 4.69) is 22.1 Å². The minimum absolute atomic E-state index is 0.481. The molecule has 2 heterocycles. The lowest BCUT2D eigenvalue weighted by atomic mass is 9.99. The standard InChI is InChI=1S/C24H14N4/c25-13-19-11-21(15-27-23(19)17-7-3-1-4-8-17)22-12-20(14-26)24(28-16-22)18-9-5-2-6-10-18/h1-12,15-16H. The third-order valence-electron chi connectivity index (χ3n) is 4.44. The Balaban J connectivity index is 1.78. The molecule has 0 aliphatic heterocycles. The number of aromatic nitrogens is 2. The van der Waals surface area contributed by atoms with Gasteiger partial charge in [-0.25, -0.2) is 0 Å². The molecule has 0 spiro atoms. The van der Waals surface area contributed by atoms with Gasteiger partial charge >= 0.3 is 0 Å². The zero-order chi connectivity index (χ0) is 19.3. The molecule has 0 unspecified atom stereocenters. The maximum Gasteiger partial charge on any atom is 0.101 e. The largest absolute Gasteiger partial charge is 0.254 e. The number of hydrogen-bond acceptors (Lipinski definition) is 4. The van der Waals surface area contributed by atoms with Gasteiger partial charge in [0, 0.05) is 34.6 Å². The highest BCUT2D eigenvalue weighted by Gasteiger charge is 2.12. The monoisotopic (exact) mass is 358 g/mol. The lowest BCUT2D eigenvalue weighted by Gasteiger charge is -2.09. The van der Waals surface area contributed by atoms with Crippen LogP contribution in [0.2, 0.25) is 0 Å². The van der Waals surface area contributed by atoms with E-state index in [1.807, 2.05) is 60.7 Å². The maximum atomic E-state index is 9.59. The van der Waals surface area contributed by atoms with Crippen molar-refractivity contribution in [3.8, 4) is 45.8 Å². The maximum absolute atomic E-state index is 9.59. The minimum Gasteiger partial charge on any atom is -0.254 e. The highest BCUT2D eigenvalue weighted by atomic mass is 14.7. The molecule has 4 nitrogen and oxygen atoms in total. The van der Waals surface area contributed by atoms with Gasteiger partial charge in [0.05, 0.1) is 22.5 Å². The average Bonchev–Trinajstić information content (AvgIpc) is 2.79. The Kier molecular flexibility index (Phi) is 4.61. The summed E-state index contributed by atoms with van der Waals surface area (Å²) in [5.41, 5.74) is 5.52. The molecule has 0 saturated carbocycles. The SMILES string of the molecule is N#Cc1cc(-c2cnc(-c3ccccc3)c(C#N)c2)cnc1-c1ccccc1. The zero-order valence-electron chi connectivity index (χ0n) is 14.9. The summed E-state index contributed by atoms with van der Waals surface area (Å²) < 4.78 is 0. The van der Waals surface area contributed by atoms with Crippen molar-refractivity contribution in [3.63, 3.8) is 0 Å². The number of nitriles is 2. The summed E-state index contributed by atoms with van der Waals surface area (Å²) in [5, 5.41) is 19.2. The molecule has 4 heteroatoms. The lowest BCUT2D eigenvalue weighted by molar-refractivity contribution is 1.27. The molecular formula is C24H14N4. The van der Waals surface area contributed by atoms with Crippen LogP contribution in [0.25, 0.3) is 33.6 Å². The van der Waals surface area contributed by atoms with E-state index in [-0.39, 0.29) is 0 Å². The molecule has 0 aliphatic rings. The molecule has 28 heavy (non-hydrogen) atoms. The molecule has 0 N–H and O–H groups in total. The first-order chi connectivity index (χ1) is 13.8. The van der Waals surface area contributed by atoms with Gasteiger partial charge in [-0.15, -0.1) is 0 Å². The van der Waals surface area contributed by atoms with Crippen molar-refractivity contribution in [3.05, 3.63) is 96.3 Å². The van der Waals surface area contributed by atoms with Crippen molar-refractivity contribution in [1.29, 1.82) is 10.5 Å². The van der Waals surface area contributed by atoms with Crippen LogP contribution >= 0.6 is 0 Å². The van der Waals surface area contributed by atoms with Gasteiger partial charge in [0.1, 0.15) is 12.1 Å². The summed E-state index contributed by atoms with van der Waals surface area (Å²) in [4.78, 5) is 9.00. The number of nitrogens with zero attached hydrogens (tertiary/aromatic N) is 4. The highest BCUT2D eigenvalue weighted by molar-refractivity contribution is 5.75. The third kappa shape index (κ3) is 3.23. The topological polar surface area (TPSA) is 73.4 Å². The second kappa shape index (κ2) is 7.53. The van der Waals surface area contributed by atoms with E-state index in [4.69, 9.17) is 0 Å². The van der Waals surface area contributed by atoms with Crippen molar-refractivity contribution >= 4 is 0 Å². The predicted molar refractivity (Wildman–Crippen MR) is 108 cm³/mol. The fourth-order valence-corrected chi connectivity index (χ4v) is 3.07. The molecule has 0 fully saturated rings. The molecule has 0 atom stereocenters. The average molecular weight is 358 g/mol. The number of benzene rings is 2. The van der Waals surface area contributed by atoms with E-state index in [1.54, 1.807) is 24.5 Å². The van der Waals surface area contributed by atoms with Crippen LogP contribution in [0.1, 0.15) is 11.1 Å². The summed E-state index contributed by atoms with van der Waals surface area (Å²) in [5.74, 6) is 0. The van der Waals surface area contributed by atoms with E-state index in [1.165, 1.54) is 0 Å². The molecule has 0 bridgehead atoms. The van der Waals surface area contributed by atoms with Crippen molar-refractivity contribution in [2.24, 2.45) is 0 Å². The molecule has 0 aliphatic carbocycles. The molecule has 2 aromatic heterocycles. The first-order valence-electron chi connectivity index (χ1n) is 8.71. The van der Waals surface area contributed by atoms with Crippen LogP contribution in [0.5, 0.6) is 0 Å². The van der Waals surface area contributed by atoms with Crippen LogP contribution in [-0.4, -0.2) is 9.97 Å². The Morgan fingerprint density at radius 3 is 1.29 bits per heavy atom. The minimum atomic E-state index is 0.481. The molecule has 0 amide bonds. The van der Waals surface area contributed by atoms with Gasteiger partial charge < -0.3 is 0 Å². The van der Waals surface area contributed by atoms with E-state index < -0.39 is 0 Å². The van der Waals surface area contributed by atoms with Crippen LogP contribution in [-0.2, 0) is 0 Å². The van der Waals surface area contributed by atoms with E-state index in [9.17, 15) is 10.5 Å². The van der Waals surface area contributed by atoms with Crippen molar-refractivity contribution < 1.29 is 0 Å². The van der Waals surface area contributed by atoms with Crippen LogP contribution < -0.4 is 0 Å². The second-order valence-electron chi connectivity index (χ2n) is 6.20. The van der Waals surface area contributed by atoms with Crippen LogP contribution in [0, 0.1) is 22.7 Å².